The second-order valence-electron chi connectivity index (χ2n) is 5.70. The minimum absolute atomic E-state index is 0.0304. The lowest BCUT2D eigenvalue weighted by atomic mass is 10.0. The van der Waals surface area contributed by atoms with Gasteiger partial charge < -0.3 is 16.2 Å². The third kappa shape index (κ3) is 3.58. The third-order valence-electron chi connectivity index (χ3n) is 3.62. The van der Waals surface area contributed by atoms with Gasteiger partial charge in [0.05, 0.1) is 5.69 Å². The first-order valence-corrected chi connectivity index (χ1v) is 7.47. The molecule has 0 amide bonds. The van der Waals surface area contributed by atoms with E-state index >= 15 is 0 Å². The van der Waals surface area contributed by atoms with Crippen LogP contribution in [0.2, 0.25) is 0 Å². The number of aromatic nitrogens is 3. The number of alkyl halides is 2. The number of nitrogen functional groups attached to an aromatic ring is 1. The van der Waals surface area contributed by atoms with Crippen molar-refractivity contribution in [2.75, 3.05) is 5.73 Å². The summed E-state index contributed by atoms with van der Waals surface area (Å²) in [6.45, 7) is -1.27. The fourth-order valence-electron chi connectivity index (χ4n) is 2.46. The van der Waals surface area contributed by atoms with E-state index in [2.05, 4.69) is 15.2 Å². The molecule has 126 valence electrons. The standard InChI is InChI=1S/C16H17F2N5O/c1-8(19)6-12-14(22-23-16(20)21-12)11-5-4-10(9-2-3-9)7-13(11)24-15(17)18/h4-7,9,15H,2-3,19H2,1H3,(H2,20,21,23)/b8-6-. The van der Waals surface area contributed by atoms with E-state index in [0.717, 1.165) is 18.4 Å². The Labute approximate surface area is 137 Å². The van der Waals surface area contributed by atoms with Crippen LogP contribution in [-0.4, -0.2) is 21.8 Å². The lowest BCUT2D eigenvalue weighted by Gasteiger charge is -2.13. The van der Waals surface area contributed by atoms with Gasteiger partial charge in [-0.3, -0.25) is 0 Å². The SMILES string of the molecule is C/C(N)=C/c1nc(N)nnc1-c1ccc(C2CC2)cc1OC(F)F. The maximum Gasteiger partial charge on any atom is 0.387 e. The molecule has 1 aromatic carbocycles. The molecule has 24 heavy (non-hydrogen) atoms. The maximum atomic E-state index is 12.8. The molecule has 0 aliphatic heterocycles. The molecule has 0 unspecified atom stereocenters. The van der Waals surface area contributed by atoms with E-state index in [1.807, 2.05) is 6.07 Å². The van der Waals surface area contributed by atoms with Crippen molar-refractivity contribution in [1.82, 2.24) is 15.2 Å². The maximum absolute atomic E-state index is 12.8. The number of hydrogen-bond acceptors (Lipinski definition) is 6. The summed E-state index contributed by atoms with van der Waals surface area (Å²) in [7, 11) is 0. The van der Waals surface area contributed by atoms with Crippen molar-refractivity contribution in [2.45, 2.75) is 32.3 Å². The quantitative estimate of drug-likeness (QED) is 0.872. The van der Waals surface area contributed by atoms with Gasteiger partial charge in [0, 0.05) is 11.3 Å². The third-order valence-corrected chi connectivity index (χ3v) is 3.62. The highest BCUT2D eigenvalue weighted by Gasteiger charge is 2.26. The van der Waals surface area contributed by atoms with Gasteiger partial charge in [-0.25, -0.2) is 4.98 Å². The van der Waals surface area contributed by atoms with Crippen molar-refractivity contribution in [2.24, 2.45) is 5.73 Å². The normalized spacial score (nSPS) is 14.9. The van der Waals surface area contributed by atoms with E-state index in [1.54, 1.807) is 25.1 Å². The predicted molar refractivity (Wildman–Crippen MR) is 86.1 cm³/mol. The van der Waals surface area contributed by atoms with Gasteiger partial charge in [-0.15, -0.1) is 10.2 Å². The minimum Gasteiger partial charge on any atom is -0.434 e. The average Bonchev–Trinajstić information content (AvgIpc) is 3.31. The van der Waals surface area contributed by atoms with E-state index < -0.39 is 6.61 Å². The zero-order valence-corrected chi connectivity index (χ0v) is 13.0. The number of rotatable bonds is 5. The molecule has 1 aliphatic carbocycles. The van der Waals surface area contributed by atoms with Crippen LogP contribution in [0.1, 0.15) is 36.9 Å². The average molecular weight is 333 g/mol. The van der Waals surface area contributed by atoms with Gasteiger partial charge in [0.1, 0.15) is 11.4 Å². The highest BCUT2D eigenvalue weighted by atomic mass is 19.3. The van der Waals surface area contributed by atoms with E-state index in [4.69, 9.17) is 16.2 Å². The number of anilines is 1. The summed E-state index contributed by atoms with van der Waals surface area (Å²) in [6.07, 6.45) is 3.66. The molecular weight excluding hydrogens is 316 g/mol. The Morgan fingerprint density at radius 3 is 2.71 bits per heavy atom. The van der Waals surface area contributed by atoms with Crippen molar-refractivity contribution in [3.63, 3.8) is 0 Å². The van der Waals surface area contributed by atoms with E-state index in [1.165, 1.54) is 0 Å². The van der Waals surface area contributed by atoms with Crippen LogP contribution < -0.4 is 16.2 Å². The monoisotopic (exact) mass is 333 g/mol. The molecule has 1 aromatic heterocycles. The van der Waals surface area contributed by atoms with Crippen molar-refractivity contribution in [3.05, 3.63) is 35.2 Å². The molecular formula is C16H17F2N5O. The van der Waals surface area contributed by atoms with Crippen LogP contribution in [0.15, 0.2) is 23.9 Å². The molecule has 0 saturated heterocycles. The summed E-state index contributed by atoms with van der Waals surface area (Å²) in [5, 5.41) is 7.71. The minimum atomic E-state index is -2.94. The Morgan fingerprint density at radius 1 is 1.33 bits per heavy atom. The van der Waals surface area contributed by atoms with Crippen LogP contribution in [-0.2, 0) is 0 Å². The van der Waals surface area contributed by atoms with Gasteiger partial charge >= 0.3 is 6.61 Å². The molecule has 1 saturated carbocycles. The zero-order valence-electron chi connectivity index (χ0n) is 13.0. The summed E-state index contributed by atoms with van der Waals surface area (Å²) < 4.78 is 30.3. The summed E-state index contributed by atoms with van der Waals surface area (Å²) in [5.74, 6) is 0.414. The molecule has 1 heterocycles. The Balaban J connectivity index is 2.12. The zero-order chi connectivity index (χ0) is 17.3. The number of nitrogens with zero attached hydrogens (tertiary/aromatic N) is 3. The van der Waals surface area contributed by atoms with Gasteiger partial charge in [-0.05, 0) is 49.5 Å². The molecule has 6 nitrogen and oxygen atoms in total. The topological polar surface area (TPSA) is 99.9 Å². The fraction of sp³-hybridized carbons (Fsp3) is 0.312. The first kappa shape index (κ1) is 16.1. The van der Waals surface area contributed by atoms with Crippen molar-refractivity contribution in [1.29, 1.82) is 0 Å². The van der Waals surface area contributed by atoms with E-state index in [-0.39, 0.29) is 17.4 Å². The van der Waals surface area contributed by atoms with Gasteiger partial charge in [-0.1, -0.05) is 6.07 Å². The Morgan fingerprint density at radius 2 is 2.08 bits per heavy atom. The molecule has 0 bridgehead atoms. The Bertz CT molecular complexity index is 786. The van der Waals surface area contributed by atoms with Crippen LogP contribution in [0.5, 0.6) is 5.75 Å². The highest BCUT2D eigenvalue weighted by molar-refractivity contribution is 5.75. The van der Waals surface area contributed by atoms with Crippen molar-refractivity contribution in [3.8, 4) is 17.0 Å². The van der Waals surface area contributed by atoms with Crippen LogP contribution >= 0.6 is 0 Å². The summed E-state index contributed by atoms with van der Waals surface area (Å²) >= 11 is 0. The Kier molecular flexibility index (Phi) is 4.28. The van der Waals surface area contributed by atoms with Gasteiger partial charge in [-0.2, -0.15) is 8.78 Å². The summed E-state index contributed by atoms with van der Waals surface area (Å²) in [4.78, 5) is 4.08. The van der Waals surface area contributed by atoms with Crippen LogP contribution in [0.4, 0.5) is 14.7 Å². The first-order chi connectivity index (χ1) is 11.4. The fourth-order valence-corrected chi connectivity index (χ4v) is 2.46. The lowest BCUT2D eigenvalue weighted by molar-refractivity contribution is -0.0495. The summed E-state index contributed by atoms with van der Waals surface area (Å²) in [6, 6.07) is 5.20. The van der Waals surface area contributed by atoms with Crippen LogP contribution in [0, 0.1) is 0 Å². The number of allylic oxidation sites excluding steroid dienone is 1. The van der Waals surface area contributed by atoms with E-state index in [9.17, 15) is 8.78 Å². The molecule has 1 fully saturated rings. The van der Waals surface area contributed by atoms with Crippen molar-refractivity contribution >= 4 is 12.0 Å². The smallest absolute Gasteiger partial charge is 0.387 e. The van der Waals surface area contributed by atoms with E-state index in [0.29, 0.717) is 22.9 Å². The predicted octanol–water partition coefficient (Wildman–Crippen LogP) is 2.92. The van der Waals surface area contributed by atoms with Crippen molar-refractivity contribution < 1.29 is 13.5 Å². The highest BCUT2D eigenvalue weighted by Crippen LogP contribution is 2.43. The molecule has 4 N–H and O–H groups in total. The molecule has 2 aromatic rings. The number of halogens is 2. The second-order valence-corrected chi connectivity index (χ2v) is 5.70. The molecule has 3 rings (SSSR count). The molecule has 0 radical (unpaired) electrons. The van der Waals surface area contributed by atoms with Gasteiger partial charge in [0.2, 0.25) is 5.95 Å². The number of ether oxygens (including phenoxy) is 1. The molecule has 8 heteroatoms. The number of hydrogen-bond donors (Lipinski definition) is 2. The lowest BCUT2D eigenvalue weighted by Crippen LogP contribution is -2.07. The molecule has 0 spiro atoms. The molecule has 0 atom stereocenters. The second kappa shape index (κ2) is 6.38. The van der Waals surface area contributed by atoms with Gasteiger partial charge in [0.25, 0.3) is 0 Å². The number of nitrogens with two attached hydrogens (primary N) is 2. The first-order valence-electron chi connectivity index (χ1n) is 7.47. The largest absolute Gasteiger partial charge is 0.434 e. The Hall–Kier alpha value is -2.77. The van der Waals surface area contributed by atoms with Crippen LogP contribution in [0.25, 0.3) is 17.3 Å². The van der Waals surface area contributed by atoms with Gasteiger partial charge in [0.15, 0.2) is 0 Å². The van der Waals surface area contributed by atoms with Crippen LogP contribution in [0.3, 0.4) is 0 Å². The summed E-state index contributed by atoms with van der Waals surface area (Å²) in [5.41, 5.74) is 13.7. The number of benzene rings is 1. The molecule has 1 aliphatic rings.